The first-order valence-corrected chi connectivity index (χ1v) is 10.5. The molecule has 0 aliphatic rings. The van der Waals surface area contributed by atoms with Crippen LogP contribution >= 0.6 is 0 Å². The molecule has 0 amide bonds. The van der Waals surface area contributed by atoms with Crippen LogP contribution in [0, 0.1) is 0 Å². The summed E-state index contributed by atoms with van der Waals surface area (Å²) in [4.78, 5) is 8.65. The predicted octanol–water partition coefficient (Wildman–Crippen LogP) is 3.91. The van der Waals surface area contributed by atoms with Crippen molar-refractivity contribution in [2.24, 2.45) is 4.99 Å². The minimum atomic E-state index is 0.286. The molecule has 30 heavy (non-hydrogen) atoms. The standard InChI is InChI=1S/C23H31N5O2/c1-17(2)22-27-21(30-28-22)10-6-13-25-23(24-3)26-14-7-15-29-20-12-11-18-8-4-5-9-19(18)16-20/h4-5,8-9,11-12,16-17H,6-7,10,13-15H2,1-3H3,(H2,24,25,26). The van der Waals surface area contributed by atoms with Gasteiger partial charge in [-0.05, 0) is 35.7 Å². The lowest BCUT2D eigenvalue weighted by molar-refractivity contribution is 0.311. The molecule has 2 N–H and O–H groups in total. The molecule has 0 spiro atoms. The van der Waals surface area contributed by atoms with E-state index < -0.39 is 0 Å². The number of rotatable bonds is 10. The van der Waals surface area contributed by atoms with E-state index in [2.05, 4.69) is 63.9 Å². The number of nitrogens with zero attached hydrogens (tertiary/aromatic N) is 3. The fourth-order valence-electron chi connectivity index (χ4n) is 3.00. The number of ether oxygens (including phenoxy) is 1. The summed E-state index contributed by atoms with van der Waals surface area (Å²) in [6.45, 7) is 6.33. The normalized spacial score (nSPS) is 11.8. The van der Waals surface area contributed by atoms with Crippen molar-refractivity contribution in [2.45, 2.75) is 39.0 Å². The van der Waals surface area contributed by atoms with Crippen molar-refractivity contribution < 1.29 is 9.26 Å². The Balaban J connectivity index is 1.29. The van der Waals surface area contributed by atoms with E-state index in [9.17, 15) is 0 Å². The Morgan fingerprint density at radius 2 is 1.83 bits per heavy atom. The fourth-order valence-corrected chi connectivity index (χ4v) is 3.00. The van der Waals surface area contributed by atoms with Crippen molar-refractivity contribution >= 4 is 16.7 Å². The maximum Gasteiger partial charge on any atom is 0.226 e. The molecule has 7 nitrogen and oxygen atoms in total. The third kappa shape index (κ3) is 6.47. The highest BCUT2D eigenvalue weighted by Gasteiger charge is 2.09. The molecule has 0 aliphatic heterocycles. The zero-order chi connectivity index (χ0) is 21.2. The van der Waals surface area contributed by atoms with E-state index in [1.807, 2.05) is 18.2 Å². The van der Waals surface area contributed by atoms with Gasteiger partial charge in [-0.2, -0.15) is 4.98 Å². The molecule has 0 radical (unpaired) electrons. The lowest BCUT2D eigenvalue weighted by Gasteiger charge is -2.12. The maximum absolute atomic E-state index is 5.87. The van der Waals surface area contributed by atoms with E-state index in [-0.39, 0.29) is 5.92 Å². The van der Waals surface area contributed by atoms with Crippen LogP contribution in [-0.2, 0) is 6.42 Å². The Labute approximate surface area is 177 Å². The highest BCUT2D eigenvalue weighted by molar-refractivity contribution is 5.83. The number of nitrogens with one attached hydrogen (secondary N) is 2. The predicted molar refractivity (Wildman–Crippen MR) is 120 cm³/mol. The van der Waals surface area contributed by atoms with Gasteiger partial charge in [-0.3, -0.25) is 4.99 Å². The van der Waals surface area contributed by atoms with Crippen molar-refractivity contribution in [1.82, 2.24) is 20.8 Å². The van der Waals surface area contributed by atoms with Crippen LogP contribution in [0.4, 0.5) is 0 Å². The highest BCUT2D eigenvalue weighted by Crippen LogP contribution is 2.20. The van der Waals surface area contributed by atoms with Crippen LogP contribution in [0.3, 0.4) is 0 Å². The molecule has 0 fully saturated rings. The van der Waals surface area contributed by atoms with Crippen LogP contribution in [0.25, 0.3) is 10.8 Å². The Kier molecular flexibility index (Phi) is 8.06. The maximum atomic E-state index is 5.87. The Morgan fingerprint density at radius 3 is 2.57 bits per heavy atom. The van der Waals surface area contributed by atoms with Crippen molar-refractivity contribution in [1.29, 1.82) is 0 Å². The van der Waals surface area contributed by atoms with Gasteiger partial charge in [-0.1, -0.05) is 49.3 Å². The third-order valence-corrected chi connectivity index (χ3v) is 4.69. The van der Waals surface area contributed by atoms with Crippen LogP contribution < -0.4 is 15.4 Å². The van der Waals surface area contributed by atoms with Crippen molar-refractivity contribution in [2.75, 3.05) is 26.7 Å². The zero-order valence-electron chi connectivity index (χ0n) is 18.0. The first kappa shape index (κ1) is 21.6. The van der Waals surface area contributed by atoms with Gasteiger partial charge in [0.05, 0.1) is 6.61 Å². The van der Waals surface area contributed by atoms with E-state index in [0.717, 1.165) is 49.9 Å². The molecule has 3 rings (SSSR count). The van der Waals surface area contributed by atoms with Gasteiger partial charge in [0, 0.05) is 32.5 Å². The average Bonchev–Trinajstić information content (AvgIpc) is 3.24. The summed E-state index contributed by atoms with van der Waals surface area (Å²) in [6, 6.07) is 14.5. The smallest absolute Gasteiger partial charge is 0.226 e. The molecule has 7 heteroatoms. The second-order valence-electron chi connectivity index (χ2n) is 7.44. The quantitative estimate of drug-likeness (QED) is 0.300. The van der Waals surface area contributed by atoms with Gasteiger partial charge in [0.2, 0.25) is 5.89 Å². The number of aromatic nitrogens is 2. The van der Waals surface area contributed by atoms with Crippen molar-refractivity contribution in [3.63, 3.8) is 0 Å². The van der Waals surface area contributed by atoms with Gasteiger partial charge < -0.3 is 19.9 Å². The topological polar surface area (TPSA) is 84.6 Å². The third-order valence-electron chi connectivity index (χ3n) is 4.69. The largest absolute Gasteiger partial charge is 0.494 e. The van der Waals surface area contributed by atoms with Crippen LogP contribution in [0.2, 0.25) is 0 Å². The van der Waals surface area contributed by atoms with Crippen LogP contribution in [-0.4, -0.2) is 42.8 Å². The van der Waals surface area contributed by atoms with Gasteiger partial charge in [0.15, 0.2) is 11.8 Å². The van der Waals surface area contributed by atoms with Crippen LogP contribution in [0.1, 0.15) is 44.3 Å². The molecular formula is C23H31N5O2. The van der Waals surface area contributed by atoms with Gasteiger partial charge in [-0.15, -0.1) is 0 Å². The fraction of sp³-hybridized carbons (Fsp3) is 0.435. The number of aliphatic imine (C=N–C) groups is 1. The zero-order valence-corrected chi connectivity index (χ0v) is 18.0. The van der Waals surface area contributed by atoms with Gasteiger partial charge in [0.25, 0.3) is 0 Å². The molecule has 0 saturated heterocycles. The summed E-state index contributed by atoms with van der Waals surface area (Å²) in [5, 5.41) is 13.0. The summed E-state index contributed by atoms with van der Waals surface area (Å²) in [5.41, 5.74) is 0. The number of benzene rings is 2. The summed E-state index contributed by atoms with van der Waals surface area (Å²) < 4.78 is 11.1. The lowest BCUT2D eigenvalue weighted by atomic mass is 10.1. The second-order valence-corrected chi connectivity index (χ2v) is 7.44. The van der Waals surface area contributed by atoms with E-state index in [4.69, 9.17) is 9.26 Å². The minimum absolute atomic E-state index is 0.286. The molecule has 0 bridgehead atoms. The second kappa shape index (κ2) is 11.2. The van der Waals surface area contributed by atoms with E-state index >= 15 is 0 Å². The molecule has 160 valence electrons. The summed E-state index contributed by atoms with van der Waals surface area (Å²) in [7, 11) is 1.77. The van der Waals surface area contributed by atoms with Crippen molar-refractivity contribution in [3.8, 4) is 5.75 Å². The van der Waals surface area contributed by atoms with Gasteiger partial charge >= 0.3 is 0 Å². The van der Waals surface area contributed by atoms with E-state index in [1.54, 1.807) is 7.05 Å². The minimum Gasteiger partial charge on any atom is -0.494 e. The molecular weight excluding hydrogens is 378 g/mol. The number of aryl methyl sites for hydroxylation is 1. The van der Waals surface area contributed by atoms with Gasteiger partial charge in [0.1, 0.15) is 5.75 Å². The average molecular weight is 410 g/mol. The summed E-state index contributed by atoms with van der Waals surface area (Å²) in [5.74, 6) is 3.43. The van der Waals surface area contributed by atoms with Crippen LogP contribution in [0.5, 0.6) is 5.75 Å². The molecule has 1 heterocycles. The van der Waals surface area contributed by atoms with E-state index in [1.165, 1.54) is 10.8 Å². The molecule has 0 saturated carbocycles. The molecule has 0 aliphatic carbocycles. The summed E-state index contributed by atoms with van der Waals surface area (Å²) in [6.07, 6.45) is 2.53. The monoisotopic (exact) mass is 409 g/mol. The number of guanidine groups is 1. The van der Waals surface area contributed by atoms with E-state index in [0.29, 0.717) is 12.5 Å². The number of hydrogen-bond acceptors (Lipinski definition) is 5. The SMILES string of the molecule is CN=C(NCCCOc1ccc2ccccc2c1)NCCCc1nc(C(C)C)no1. The molecule has 2 aromatic carbocycles. The Bertz CT molecular complexity index is 951. The lowest BCUT2D eigenvalue weighted by Crippen LogP contribution is -2.38. The van der Waals surface area contributed by atoms with Crippen LogP contribution in [0.15, 0.2) is 52.0 Å². The Hall–Kier alpha value is -3.09. The van der Waals surface area contributed by atoms with Crippen molar-refractivity contribution in [3.05, 3.63) is 54.2 Å². The molecule has 3 aromatic rings. The highest BCUT2D eigenvalue weighted by atomic mass is 16.5. The first-order chi connectivity index (χ1) is 14.7. The Morgan fingerprint density at radius 1 is 1.07 bits per heavy atom. The number of fused-ring (bicyclic) bond motifs is 1. The first-order valence-electron chi connectivity index (χ1n) is 10.5. The molecule has 0 atom stereocenters. The van der Waals surface area contributed by atoms with Gasteiger partial charge in [-0.25, -0.2) is 0 Å². The molecule has 1 aromatic heterocycles. The molecule has 0 unspecified atom stereocenters. The summed E-state index contributed by atoms with van der Waals surface area (Å²) >= 11 is 0. The number of hydrogen-bond donors (Lipinski definition) is 2.